The van der Waals surface area contributed by atoms with E-state index in [9.17, 15) is 4.79 Å². The van der Waals surface area contributed by atoms with Crippen LogP contribution in [0.4, 0.5) is 0 Å². The number of hydrogen-bond donors (Lipinski definition) is 1. The summed E-state index contributed by atoms with van der Waals surface area (Å²) in [7, 11) is 1.74. The molecule has 0 aromatic rings. The Balaban J connectivity index is 1.82. The predicted octanol–water partition coefficient (Wildman–Crippen LogP) is 0.753. The van der Waals surface area contributed by atoms with Crippen LogP contribution in [0, 0.1) is 5.92 Å². The van der Waals surface area contributed by atoms with Crippen molar-refractivity contribution in [3.8, 4) is 0 Å². The Morgan fingerprint density at radius 3 is 2.50 bits per heavy atom. The van der Waals surface area contributed by atoms with Gasteiger partial charge in [-0.25, -0.2) is 0 Å². The highest BCUT2D eigenvalue weighted by Gasteiger charge is 2.43. The van der Waals surface area contributed by atoms with E-state index in [1.807, 2.05) is 4.90 Å². The minimum absolute atomic E-state index is 0.176. The molecule has 0 aromatic carbocycles. The Morgan fingerprint density at radius 2 is 2.06 bits per heavy atom. The van der Waals surface area contributed by atoms with E-state index in [0.717, 1.165) is 51.8 Å². The zero-order valence-electron chi connectivity index (χ0n) is 10.1. The number of nitrogens with two attached hydrogens (primary N) is 1. The molecule has 2 fully saturated rings. The maximum atomic E-state index is 12.1. The first-order valence-electron chi connectivity index (χ1n) is 6.23. The molecular weight excluding hydrogens is 204 g/mol. The molecule has 92 valence electrons. The number of carbonyl (C=O) groups is 1. The fourth-order valence-electron chi connectivity index (χ4n) is 2.62. The van der Waals surface area contributed by atoms with Gasteiger partial charge in [-0.2, -0.15) is 0 Å². The summed E-state index contributed by atoms with van der Waals surface area (Å²) >= 11 is 0. The number of amides is 1. The normalized spacial score (nSPS) is 25.2. The van der Waals surface area contributed by atoms with Crippen molar-refractivity contribution in [2.75, 3.05) is 26.8 Å². The van der Waals surface area contributed by atoms with Crippen LogP contribution in [0.15, 0.2) is 0 Å². The standard InChI is InChI=1S/C12H22N2O2/c1-16-9-10-3-7-14(8-4-10)11(15)12(13)5-2-6-12/h10H,2-9,13H2,1H3. The third kappa shape index (κ3) is 2.23. The molecule has 1 aliphatic heterocycles. The Bertz CT molecular complexity index is 256. The smallest absolute Gasteiger partial charge is 0.242 e. The molecule has 0 atom stereocenters. The average Bonchev–Trinajstić information content (AvgIpc) is 2.26. The lowest BCUT2D eigenvalue weighted by molar-refractivity contribution is -0.141. The summed E-state index contributed by atoms with van der Waals surface area (Å²) in [6.07, 6.45) is 4.93. The van der Waals surface area contributed by atoms with E-state index >= 15 is 0 Å². The Morgan fingerprint density at radius 1 is 1.44 bits per heavy atom. The fourth-order valence-corrected chi connectivity index (χ4v) is 2.62. The molecule has 1 heterocycles. The van der Waals surface area contributed by atoms with Gasteiger partial charge in [0.15, 0.2) is 0 Å². The van der Waals surface area contributed by atoms with Gasteiger partial charge in [-0.1, -0.05) is 0 Å². The zero-order valence-corrected chi connectivity index (χ0v) is 10.1. The van der Waals surface area contributed by atoms with E-state index in [-0.39, 0.29) is 5.91 Å². The molecule has 1 saturated heterocycles. The SMILES string of the molecule is COCC1CCN(C(=O)C2(N)CCC2)CC1. The molecular formula is C12H22N2O2. The van der Waals surface area contributed by atoms with Gasteiger partial charge in [-0.05, 0) is 38.0 Å². The van der Waals surface area contributed by atoms with Crippen molar-refractivity contribution in [1.82, 2.24) is 4.90 Å². The number of piperidine rings is 1. The molecule has 4 heteroatoms. The first-order valence-corrected chi connectivity index (χ1v) is 6.23. The van der Waals surface area contributed by atoms with Crippen molar-refractivity contribution in [2.24, 2.45) is 11.7 Å². The largest absolute Gasteiger partial charge is 0.384 e. The molecule has 2 aliphatic rings. The van der Waals surface area contributed by atoms with Gasteiger partial charge in [0.2, 0.25) is 5.91 Å². The number of carbonyl (C=O) groups excluding carboxylic acids is 1. The predicted molar refractivity (Wildman–Crippen MR) is 61.9 cm³/mol. The third-order valence-corrected chi connectivity index (χ3v) is 3.98. The fraction of sp³-hybridized carbons (Fsp3) is 0.917. The summed E-state index contributed by atoms with van der Waals surface area (Å²) < 4.78 is 5.15. The van der Waals surface area contributed by atoms with Gasteiger partial charge in [0.05, 0.1) is 5.54 Å². The average molecular weight is 226 g/mol. The quantitative estimate of drug-likeness (QED) is 0.772. The molecule has 0 unspecified atom stereocenters. The van der Waals surface area contributed by atoms with Crippen LogP contribution >= 0.6 is 0 Å². The first kappa shape index (κ1) is 11.9. The molecule has 1 amide bonds. The maximum Gasteiger partial charge on any atom is 0.242 e. The lowest BCUT2D eigenvalue weighted by Crippen LogP contribution is -2.60. The van der Waals surface area contributed by atoms with Gasteiger partial charge in [0.1, 0.15) is 0 Å². The first-order chi connectivity index (χ1) is 7.65. The summed E-state index contributed by atoms with van der Waals surface area (Å²) in [5, 5.41) is 0. The zero-order chi connectivity index (χ0) is 11.6. The van der Waals surface area contributed by atoms with Crippen molar-refractivity contribution in [3.05, 3.63) is 0 Å². The van der Waals surface area contributed by atoms with Crippen molar-refractivity contribution in [1.29, 1.82) is 0 Å². The molecule has 0 aromatic heterocycles. The highest BCUT2D eigenvalue weighted by atomic mass is 16.5. The highest BCUT2D eigenvalue weighted by Crippen LogP contribution is 2.32. The molecule has 1 saturated carbocycles. The van der Waals surface area contributed by atoms with Crippen molar-refractivity contribution < 1.29 is 9.53 Å². The van der Waals surface area contributed by atoms with Crippen molar-refractivity contribution in [3.63, 3.8) is 0 Å². The number of ether oxygens (including phenoxy) is 1. The van der Waals surface area contributed by atoms with Crippen LogP contribution in [0.1, 0.15) is 32.1 Å². The lowest BCUT2D eigenvalue weighted by atomic mass is 9.76. The molecule has 16 heavy (non-hydrogen) atoms. The van der Waals surface area contributed by atoms with Crippen LogP contribution in [0.2, 0.25) is 0 Å². The minimum atomic E-state index is -0.520. The summed E-state index contributed by atoms with van der Waals surface area (Å²) in [5.74, 6) is 0.791. The van der Waals surface area contributed by atoms with Gasteiger partial charge in [0.25, 0.3) is 0 Å². The number of rotatable bonds is 3. The van der Waals surface area contributed by atoms with Crippen molar-refractivity contribution >= 4 is 5.91 Å². The summed E-state index contributed by atoms with van der Waals surface area (Å²) in [6.45, 7) is 2.52. The van der Waals surface area contributed by atoms with Crippen LogP contribution in [-0.2, 0) is 9.53 Å². The van der Waals surface area contributed by atoms with E-state index in [4.69, 9.17) is 10.5 Å². The Hall–Kier alpha value is -0.610. The van der Waals surface area contributed by atoms with Crippen LogP contribution in [-0.4, -0.2) is 43.2 Å². The number of likely N-dealkylation sites (tertiary alicyclic amines) is 1. The lowest BCUT2D eigenvalue weighted by Gasteiger charge is -2.42. The van der Waals surface area contributed by atoms with Crippen LogP contribution < -0.4 is 5.73 Å². The molecule has 1 aliphatic carbocycles. The Kier molecular flexibility index (Phi) is 3.50. The van der Waals surface area contributed by atoms with Gasteiger partial charge >= 0.3 is 0 Å². The molecule has 0 spiro atoms. The van der Waals surface area contributed by atoms with Crippen molar-refractivity contribution in [2.45, 2.75) is 37.6 Å². The van der Waals surface area contributed by atoms with E-state index in [0.29, 0.717) is 5.92 Å². The molecule has 0 radical (unpaired) electrons. The number of methoxy groups -OCH3 is 1. The molecule has 0 bridgehead atoms. The van der Waals surface area contributed by atoms with Crippen LogP contribution in [0.25, 0.3) is 0 Å². The van der Waals surface area contributed by atoms with E-state index < -0.39 is 5.54 Å². The van der Waals surface area contributed by atoms with E-state index in [2.05, 4.69) is 0 Å². The maximum absolute atomic E-state index is 12.1. The van der Waals surface area contributed by atoms with Gasteiger partial charge in [-0.3, -0.25) is 4.79 Å². The topological polar surface area (TPSA) is 55.6 Å². The molecule has 2 N–H and O–H groups in total. The second kappa shape index (κ2) is 4.72. The van der Waals surface area contributed by atoms with Crippen LogP contribution in [0.3, 0.4) is 0 Å². The van der Waals surface area contributed by atoms with Gasteiger partial charge < -0.3 is 15.4 Å². The second-order valence-corrected chi connectivity index (χ2v) is 5.20. The summed E-state index contributed by atoms with van der Waals surface area (Å²) in [5.41, 5.74) is 5.53. The summed E-state index contributed by atoms with van der Waals surface area (Å²) in [4.78, 5) is 14.1. The molecule has 2 rings (SSSR count). The second-order valence-electron chi connectivity index (χ2n) is 5.20. The minimum Gasteiger partial charge on any atom is -0.384 e. The third-order valence-electron chi connectivity index (χ3n) is 3.98. The summed E-state index contributed by atoms with van der Waals surface area (Å²) in [6, 6.07) is 0. The number of nitrogens with zero attached hydrogens (tertiary/aromatic N) is 1. The van der Waals surface area contributed by atoms with Gasteiger partial charge in [-0.15, -0.1) is 0 Å². The Labute approximate surface area is 97.1 Å². The highest BCUT2D eigenvalue weighted by molar-refractivity contribution is 5.87. The molecule has 4 nitrogen and oxygen atoms in total. The van der Waals surface area contributed by atoms with E-state index in [1.165, 1.54) is 0 Å². The number of hydrogen-bond acceptors (Lipinski definition) is 3. The monoisotopic (exact) mass is 226 g/mol. The van der Waals surface area contributed by atoms with Gasteiger partial charge in [0, 0.05) is 26.8 Å². The van der Waals surface area contributed by atoms with Crippen LogP contribution in [0.5, 0.6) is 0 Å². The van der Waals surface area contributed by atoms with E-state index in [1.54, 1.807) is 7.11 Å².